The molecular weight excluding hydrogens is 454 g/mol. The standard InChI is InChI=1S/C22H31NO11/c1-11(2)21(29)33-14-9-12(7-8-23)3-4-13(14)32-17(25)6-5-16(24)31-10-15-18(26)19(27)20(28)22(30)34-15/h3-4,9,11,15,18-20,22,26-28,30H,5-8,10,23H2,1-2H3/t15-,18-,19+,20-,22-/m1/s1. The van der Waals surface area contributed by atoms with E-state index in [4.69, 9.17) is 24.7 Å². The van der Waals surface area contributed by atoms with Gasteiger partial charge < -0.3 is 45.1 Å². The van der Waals surface area contributed by atoms with E-state index >= 15 is 0 Å². The van der Waals surface area contributed by atoms with Gasteiger partial charge in [-0.15, -0.1) is 0 Å². The van der Waals surface area contributed by atoms with Gasteiger partial charge in [0.15, 0.2) is 17.8 Å². The fraction of sp³-hybridized carbons (Fsp3) is 0.591. The van der Waals surface area contributed by atoms with E-state index in [0.29, 0.717) is 13.0 Å². The van der Waals surface area contributed by atoms with Gasteiger partial charge in [0.05, 0.1) is 18.8 Å². The van der Waals surface area contributed by atoms with Crippen LogP contribution in [0.5, 0.6) is 11.5 Å². The zero-order valence-corrected chi connectivity index (χ0v) is 19.0. The summed E-state index contributed by atoms with van der Waals surface area (Å²) in [4.78, 5) is 36.2. The molecule has 1 saturated heterocycles. The molecule has 0 radical (unpaired) electrons. The predicted octanol–water partition coefficient (Wildman–Crippen LogP) is -1.22. The van der Waals surface area contributed by atoms with E-state index in [1.807, 2.05) is 0 Å². The molecule has 0 bridgehead atoms. The topological polar surface area (TPSA) is 195 Å². The monoisotopic (exact) mass is 485 g/mol. The maximum atomic E-state index is 12.2. The van der Waals surface area contributed by atoms with Crippen molar-refractivity contribution in [3.05, 3.63) is 23.8 Å². The lowest BCUT2D eigenvalue weighted by Crippen LogP contribution is -2.58. The summed E-state index contributed by atoms with van der Waals surface area (Å²) >= 11 is 0. The van der Waals surface area contributed by atoms with Crippen LogP contribution in [0.25, 0.3) is 0 Å². The third kappa shape index (κ3) is 7.72. The number of carbonyl (C=O) groups is 3. The summed E-state index contributed by atoms with van der Waals surface area (Å²) in [5, 5.41) is 38.4. The Hall–Kier alpha value is -2.61. The van der Waals surface area contributed by atoms with E-state index in [0.717, 1.165) is 5.56 Å². The second-order valence-corrected chi connectivity index (χ2v) is 8.09. The van der Waals surface area contributed by atoms with Gasteiger partial charge in [-0.05, 0) is 30.7 Å². The van der Waals surface area contributed by atoms with Crippen molar-refractivity contribution in [2.24, 2.45) is 11.7 Å². The molecule has 0 amide bonds. The largest absolute Gasteiger partial charge is 0.463 e. The third-order valence-corrected chi connectivity index (χ3v) is 4.98. The third-order valence-electron chi connectivity index (χ3n) is 4.98. The quantitative estimate of drug-likeness (QED) is 0.196. The second kappa shape index (κ2) is 12.7. The molecule has 1 aromatic carbocycles. The Morgan fingerprint density at radius 1 is 0.971 bits per heavy atom. The van der Waals surface area contributed by atoms with E-state index < -0.39 is 61.1 Å². The lowest BCUT2D eigenvalue weighted by Gasteiger charge is -2.37. The highest BCUT2D eigenvalue weighted by Gasteiger charge is 2.43. The molecule has 1 heterocycles. The van der Waals surface area contributed by atoms with Gasteiger partial charge in [-0.2, -0.15) is 0 Å². The van der Waals surface area contributed by atoms with E-state index in [2.05, 4.69) is 0 Å². The van der Waals surface area contributed by atoms with Crippen LogP contribution in [0.4, 0.5) is 0 Å². The van der Waals surface area contributed by atoms with Crippen LogP contribution in [0, 0.1) is 5.92 Å². The van der Waals surface area contributed by atoms with E-state index in [1.165, 1.54) is 6.07 Å². The van der Waals surface area contributed by atoms with Crippen LogP contribution in [0.1, 0.15) is 32.3 Å². The van der Waals surface area contributed by atoms with Crippen LogP contribution in [0.2, 0.25) is 0 Å². The molecule has 0 aliphatic carbocycles. The summed E-state index contributed by atoms with van der Waals surface area (Å²) < 4.78 is 20.4. The number of hydrogen-bond donors (Lipinski definition) is 5. The number of rotatable bonds is 10. The molecule has 0 aromatic heterocycles. The van der Waals surface area contributed by atoms with Gasteiger partial charge in [0.25, 0.3) is 0 Å². The molecule has 12 heteroatoms. The van der Waals surface area contributed by atoms with Crippen LogP contribution < -0.4 is 15.2 Å². The minimum atomic E-state index is -1.76. The lowest BCUT2D eigenvalue weighted by molar-refractivity contribution is -0.287. The second-order valence-electron chi connectivity index (χ2n) is 8.09. The highest BCUT2D eigenvalue weighted by molar-refractivity contribution is 5.80. The Morgan fingerprint density at radius 2 is 1.65 bits per heavy atom. The van der Waals surface area contributed by atoms with Gasteiger partial charge in [-0.3, -0.25) is 14.4 Å². The summed E-state index contributed by atoms with van der Waals surface area (Å²) in [5.74, 6) is -2.47. The number of nitrogens with two attached hydrogens (primary N) is 1. The summed E-state index contributed by atoms with van der Waals surface area (Å²) in [5.41, 5.74) is 6.34. The van der Waals surface area contributed by atoms with Crippen molar-refractivity contribution in [1.82, 2.24) is 0 Å². The maximum Gasteiger partial charge on any atom is 0.313 e. The summed E-state index contributed by atoms with van der Waals surface area (Å²) in [6.07, 6.45) is -8.21. The average molecular weight is 485 g/mol. The SMILES string of the molecule is CC(C)C(=O)Oc1cc(CCN)ccc1OC(=O)CCC(=O)OC[C@H]1O[C@@H](O)[C@H](O)[C@@H](O)[C@@H]1O. The van der Waals surface area contributed by atoms with E-state index in [9.17, 15) is 34.8 Å². The summed E-state index contributed by atoms with van der Waals surface area (Å²) in [6.45, 7) is 3.17. The Balaban J connectivity index is 1.89. The van der Waals surface area contributed by atoms with Gasteiger partial charge in [-0.1, -0.05) is 19.9 Å². The van der Waals surface area contributed by atoms with Gasteiger partial charge >= 0.3 is 17.9 Å². The van der Waals surface area contributed by atoms with Gasteiger partial charge in [0.2, 0.25) is 0 Å². The number of benzene rings is 1. The first-order chi connectivity index (χ1) is 16.0. The number of hydrogen-bond acceptors (Lipinski definition) is 12. The fourth-order valence-electron chi connectivity index (χ4n) is 2.96. The average Bonchev–Trinajstić information content (AvgIpc) is 2.79. The molecule has 190 valence electrons. The molecule has 1 aliphatic heterocycles. The Bertz CT molecular complexity index is 859. The van der Waals surface area contributed by atoms with Gasteiger partial charge in [0, 0.05) is 0 Å². The van der Waals surface area contributed by atoms with Crippen molar-refractivity contribution in [2.45, 2.75) is 63.8 Å². The van der Waals surface area contributed by atoms with Crippen molar-refractivity contribution in [3.63, 3.8) is 0 Å². The van der Waals surface area contributed by atoms with Gasteiger partial charge in [-0.25, -0.2) is 0 Å². The summed E-state index contributed by atoms with van der Waals surface area (Å²) in [7, 11) is 0. The Labute approximate surface area is 196 Å². The van der Waals surface area contributed by atoms with Crippen LogP contribution >= 0.6 is 0 Å². The van der Waals surface area contributed by atoms with Gasteiger partial charge in [0.1, 0.15) is 31.0 Å². The first kappa shape index (κ1) is 27.6. The molecule has 34 heavy (non-hydrogen) atoms. The molecule has 1 aliphatic rings. The maximum absolute atomic E-state index is 12.2. The van der Waals surface area contributed by atoms with Crippen LogP contribution in [0.15, 0.2) is 18.2 Å². The van der Waals surface area contributed by atoms with Crippen LogP contribution in [-0.4, -0.2) is 82.2 Å². The molecule has 0 spiro atoms. The molecule has 1 fully saturated rings. The molecule has 5 atom stereocenters. The predicted molar refractivity (Wildman–Crippen MR) is 114 cm³/mol. The van der Waals surface area contributed by atoms with Crippen molar-refractivity contribution in [1.29, 1.82) is 0 Å². The first-order valence-electron chi connectivity index (χ1n) is 10.8. The fourth-order valence-corrected chi connectivity index (χ4v) is 2.96. The summed E-state index contributed by atoms with van der Waals surface area (Å²) in [6, 6.07) is 4.70. The van der Waals surface area contributed by atoms with Crippen molar-refractivity contribution >= 4 is 17.9 Å². The number of esters is 3. The lowest BCUT2D eigenvalue weighted by atomic mass is 9.99. The van der Waals surface area contributed by atoms with E-state index in [1.54, 1.807) is 26.0 Å². The normalized spacial score (nSPS) is 24.5. The molecule has 1 aromatic rings. The zero-order valence-electron chi connectivity index (χ0n) is 19.0. The molecule has 6 N–H and O–H groups in total. The molecule has 2 rings (SSSR count). The first-order valence-corrected chi connectivity index (χ1v) is 10.8. The van der Waals surface area contributed by atoms with E-state index in [-0.39, 0.29) is 24.3 Å². The number of carbonyl (C=O) groups excluding carboxylic acids is 3. The van der Waals surface area contributed by atoms with Crippen LogP contribution in [0.3, 0.4) is 0 Å². The molecule has 12 nitrogen and oxygen atoms in total. The van der Waals surface area contributed by atoms with Crippen molar-refractivity contribution < 1.29 is 53.8 Å². The minimum Gasteiger partial charge on any atom is -0.463 e. The highest BCUT2D eigenvalue weighted by atomic mass is 16.7. The smallest absolute Gasteiger partial charge is 0.313 e. The van der Waals surface area contributed by atoms with Crippen molar-refractivity contribution in [3.8, 4) is 11.5 Å². The Kier molecular flexibility index (Phi) is 10.4. The number of ether oxygens (including phenoxy) is 4. The van der Waals surface area contributed by atoms with Crippen molar-refractivity contribution in [2.75, 3.05) is 13.2 Å². The number of aliphatic hydroxyl groups excluding tert-OH is 4. The highest BCUT2D eigenvalue weighted by Crippen LogP contribution is 2.30. The molecular formula is C22H31NO11. The number of aliphatic hydroxyl groups is 4. The van der Waals surface area contributed by atoms with Crippen LogP contribution in [-0.2, 0) is 30.3 Å². The zero-order chi connectivity index (χ0) is 25.4. The molecule has 0 saturated carbocycles. The molecule has 0 unspecified atom stereocenters. The minimum absolute atomic E-state index is 0.00778. The Morgan fingerprint density at radius 3 is 2.29 bits per heavy atom.